The first kappa shape index (κ1) is 14.1. The highest BCUT2D eigenvalue weighted by atomic mass is 32.2. The second-order valence-corrected chi connectivity index (χ2v) is 8.82. The summed E-state index contributed by atoms with van der Waals surface area (Å²) >= 11 is 1.70. The summed E-state index contributed by atoms with van der Waals surface area (Å²) in [6.07, 6.45) is 7.62. The van der Waals surface area contributed by atoms with Crippen LogP contribution in [-0.4, -0.2) is 35.0 Å². The molecule has 0 aromatic rings. The average molecular weight is 307 g/mol. The molecule has 4 atom stereocenters. The Labute approximate surface area is 130 Å². The van der Waals surface area contributed by atoms with Crippen molar-refractivity contribution in [2.45, 2.75) is 56.2 Å². The van der Waals surface area contributed by atoms with Gasteiger partial charge in [0.15, 0.2) is 5.17 Å². The highest BCUT2D eigenvalue weighted by molar-refractivity contribution is 8.16. The Morgan fingerprint density at radius 2 is 2.05 bits per heavy atom. The first-order valence-electron chi connectivity index (χ1n) is 8.44. The molecule has 2 saturated carbocycles. The maximum atomic E-state index is 12.5. The summed E-state index contributed by atoms with van der Waals surface area (Å²) in [5.74, 6) is 2.29. The normalized spacial score (nSPS) is 43.4. The fraction of sp³-hybridized carbons (Fsp3) is 0.875. The fourth-order valence-corrected chi connectivity index (χ4v) is 6.02. The molecular formula is C16H25N3OS. The lowest BCUT2D eigenvalue weighted by molar-refractivity contribution is -0.120. The molecule has 1 amide bonds. The van der Waals surface area contributed by atoms with Crippen LogP contribution in [0.5, 0.6) is 0 Å². The number of aliphatic imine (C=N–C) groups is 1. The van der Waals surface area contributed by atoms with Crippen molar-refractivity contribution < 1.29 is 4.79 Å². The zero-order chi connectivity index (χ0) is 14.4. The van der Waals surface area contributed by atoms with Gasteiger partial charge >= 0.3 is 0 Å². The summed E-state index contributed by atoms with van der Waals surface area (Å²) in [4.78, 5) is 16.8. The van der Waals surface area contributed by atoms with Crippen LogP contribution in [0.4, 0.5) is 0 Å². The smallest absolute Gasteiger partial charge is 0.264 e. The van der Waals surface area contributed by atoms with Crippen LogP contribution in [-0.2, 0) is 4.79 Å². The van der Waals surface area contributed by atoms with Crippen molar-refractivity contribution in [1.29, 1.82) is 0 Å². The first-order chi connectivity index (χ1) is 10.1. The molecule has 2 N–H and O–H groups in total. The largest absolute Gasteiger partial charge is 0.361 e. The van der Waals surface area contributed by atoms with E-state index < -0.39 is 0 Å². The molecule has 0 radical (unpaired) electrons. The van der Waals surface area contributed by atoms with Crippen molar-refractivity contribution in [1.82, 2.24) is 10.6 Å². The number of nitrogens with zero attached hydrogens (tertiary/aromatic N) is 1. The topological polar surface area (TPSA) is 53.5 Å². The lowest BCUT2D eigenvalue weighted by Crippen LogP contribution is -2.43. The van der Waals surface area contributed by atoms with Crippen molar-refractivity contribution in [2.24, 2.45) is 22.7 Å². The van der Waals surface area contributed by atoms with E-state index in [1.54, 1.807) is 11.8 Å². The summed E-state index contributed by atoms with van der Waals surface area (Å²) in [6, 6.07) is 0.568. The van der Waals surface area contributed by atoms with E-state index in [1.165, 1.54) is 25.7 Å². The number of thioether (sulfide) groups is 1. The Bertz CT molecular complexity index is 474. The number of hydrogen-bond acceptors (Lipinski definition) is 4. The molecule has 2 bridgehead atoms. The number of hydrogen-bond donors (Lipinski definition) is 2. The van der Waals surface area contributed by atoms with Gasteiger partial charge in [-0.1, -0.05) is 18.2 Å². The number of amidine groups is 1. The minimum atomic E-state index is -0.331. The lowest BCUT2D eigenvalue weighted by atomic mass is 9.85. The van der Waals surface area contributed by atoms with Gasteiger partial charge in [-0.2, -0.15) is 4.99 Å². The van der Waals surface area contributed by atoms with Crippen LogP contribution in [0.1, 0.15) is 45.4 Å². The number of carbonyl (C=O) groups excluding carboxylic acids is 1. The van der Waals surface area contributed by atoms with E-state index in [0.29, 0.717) is 12.0 Å². The number of piperidine rings is 1. The average Bonchev–Trinajstić information content (AvgIpc) is 3.16. The maximum absolute atomic E-state index is 12.5. The Kier molecular flexibility index (Phi) is 3.53. The highest BCUT2D eigenvalue weighted by Crippen LogP contribution is 2.47. The van der Waals surface area contributed by atoms with Crippen LogP contribution in [0.2, 0.25) is 0 Å². The second-order valence-electron chi connectivity index (χ2n) is 7.38. The van der Waals surface area contributed by atoms with Gasteiger partial charge in [0.05, 0.1) is 0 Å². The van der Waals surface area contributed by atoms with Crippen LogP contribution < -0.4 is 10.6 Å². The third kappa shape index (κ3) is 2.42. The maximum Gasteiger partial charge on any atom is 0.264 e. The molecule has 3 fully saturated rings. The number of nitrogens with one attached hydrogen (secondary N) is 2. The lowest BCUT2D eigenvalue weighted by Gasteiger charge is -2.34. The SMILES string of the molecule is CC1(C2CCNCC2)SC(N[C@H]2C[C@@H]3CCC2C3)=NC1=O. The van der Waals surface area contributed by atoms with E-state index in [1.807, 2.05) is 0 Å². The Balaban J connectivity index is 1.42. The molecule has 2 aliphatic heterocycles. The number of carbonyl (C=O) groups is 1. The van der Waals surface area contributed by atoms with Crippen molar-refractivity contribution in [3.8, 4) is 0 Å². The molecule has 0 aromatic carbocycles. The zero-order valence-corrected chi connectivity index (χ0v) is 13.5. The molecule has 4 rings (SSSR count). The van der Waals surface area contributed by atoms with Gasteiger partial charge in [0.2, 0.25) is 0 Å². The molecule has 4 nitrogen and oxygen atoms in total. The van der Waals surface area contributed by atoms with Crippen molar-refractivity contribution in [3.05, 3.63) is 0 Å². The predicted molar refractivity (Wildman–Crippen MR) is 86.4 cm³/mol. The van der Waals surface area contributed by atoms with Gasteiger partial charge in [-0.25, -0.2) is 0 Å². The van der Waals surface area contributed by atoms with Crippen LogP contribution in [0.3, 0.4) is 0 Å². The Hall–Kier alpha value is -0.550. The monoisotopic (exact) mass is 307 g/mol. The van der Waals surface area contributed by atoms with Crippen molar-refractivity contribution >= 4 is 22.8 Å². The molecule has 21 heavy (non-hydrogen) atoms. The fourth-order valence-electron chi connectivity index (χ4n) is 4.74. The van der Waals surface area contributed by atoms with E-state index in [4.69, 9.17) is 0 Å². The zero-order valence-electron chi connectivity index (χ0n) is 12.7. The standard InChI is InChI=1S/C16H25N3OS/c1-16(12-4-6-17-7-5-12)14(20)19-15(21-16)18-13-9-10-2-3-11(13)8-10/h10-13,17H,2-9H2,1H3,(H,18,19,20)/t10-,11?,13+,16?/m1/s1. The van der Waals surface area contributed by atoms with E-state index in [0.717, 1.165) is 42.9 Å². The van der Waals surface area contributed by atoms with E-state index in [-0.39, 0.29) is 10.7 Å². The molecule has 1 saturated heterocycles. The Morgan fingerprint density at radius 1 is 1.24 bits per heavy atom. The summed E-state index contributed by atoms with van der Waals surface area (Å²) in [6.45, 7) is 4.17. The Morgan fingerprint density at radius 3 is 2.71 bits per heavy atom. The summed E-state index contributed by atoms with van der Waals surface area (Å²) in [5.41, 5.74) is 0. The minimum Gasteiger partial charge on any atom is -0.361 e. The number of rotatable bonds is 2. The van der Waals surface area contributed by atoms with Crippen LogP contribution in [0, 0.1) is 17.8 Å². The quantitative estimate of drug-likeness (QED) is 0.821. The minimum absolute atomic E-state index is 0.0880. The molecule has 2 aliphatic carbocycles. The predicted octanol–water partition coefficient (Wildman–Crippen LogP) is 2.15. The van der Waals surface area contributed by atoms with Gasteiger partial charge in [-0.05, 0) is 69.9 Å². The van der Waals surface area contributed by atoms with E-state index >= 15 is 0 Å². The molecule has 2 unspecified atom stereocenters. The summed E-state index contributed by atoms with van der Waals surface area (Å²) < 4.78 is -0.331. The second kappa shape index (κ2) is 5.27. The molecule has 0 spiro atoms. The van der Waals surface area contributed by atoms with Crippen LogP contribution >= 0.6 is 11.8 Å². The van der Waals surface area contributed by atoms with Gasteiger partial charge in [0.25, 0.3) is 5.91 Å². The molecule has 0 aromatic heterocycles. The highest BCUT2D eigenvalue weighted by Gasteiger charge is 2.48. The van der Waals surface area contributed by atoms with Crippen molar-refractivity contribution in [3.63, 3.8) is 0 Å². The summed E-state index contributed by atoms with van der Waals surface area (Å²) in [7, 11) is 0. The number of fused-ring (bicyclic) bond motifs is 2. The van der Waals surface area contributed by atoms with Crippen LogP contribution in [0.25, 0.3) is 0 Å². The number of amides is 1. The van der Waals surface area contributed by atoms with Gasteiger partial charge in [0.1, 0.15) is 4.75 Å². The van der Waals surface area contributed by atoms with E-state index in [2.05, 4.69) is 22.5 Å². The van der Waals surface area contributed by atoms with Crippen LogP contribution in [0.15, 0.2) is 4.99 Å². The first-order valence-corrected chi connectivity index (χ1v) is 9.26. The van der Waals surface area contributed by atoms with Gasteiger partial charge in [0, 0.05) is 6.04 Å². The molecule has 5 heteroatoms. The van der Waals surface area contributed by atoms with Gasteiger partial charge in [-0.15, -0.1) is 0 Å². The van der Waals surface area contributed by atoms with Gasteiger partial charge in [-0.3, -0.25) is 4.79 Å². The summed E-state index contributed by atoms with van der Waals surface area (Å²) in [5, 5.41) is 7.90. The van der Waals surface area contributed by atoms with Crippen molar-refractivity contribution in [2.75, 3.05) is 13.1 Å². The van der Waals surface area contributed by atoms with E-state index in [9.17, 15) is 4.79 Å². The molecule has 116 valence electrons. The third-order valence-corrected chi connectivity index (χ3v) is 7.44. The molecule has 2 heterocycles. The molecular weight excluding hydrogens is 282 g/mol. The third-order valence-electron chi connectivity index (χ3n) is 6.10. The molecule has 4 aliphatic rings. The van der Waals surface area contributed by atoms with Gasteiger partial charge < -0.3 is 10.6 Å².